The summed E-state index contributed by atoms with van der Waals surface area (Å²) < 4.78 is 5.27. The van der Waals surface area contributed by atoms with Crippen molar-refractivity contribution in [3.05, 3.63) is 17.0 Å². The number of hydrogen-bond acceptors (Lipinski definition) is 4. The lowest BCUT2D eigenvalue weighted by Gasteiger charge is -1.97. The van der Waals surface area contributed by atoms with Crippen molar-refractivity contribution in [2.75, 3.05) is 18.1 Å². The van der Waals surface area contributed by atoms with Gasteiger partial charge in [-0.05, 0) is 24.5 Å². The molecule has 13 heavy (non-hydrogen) atoms. The van der Waals surface area contributed by atoms with Gasteiger partial charge in [0.15, 0.2) is 0 Å². The second-order valence-corrected chi connectivity index (χ2v) is 4.41. The Morgan fingerprint density at radius 2 is 2.23 bits per heavy atom. The predicted molar refractivity (Wildman–Crippen MR) is 54.0 cm³/mol. The van der Waals surface area contributed by atoms with Crippen LogP contribution in [0.25, 0.3) is 0 Å². The zero-order valence-corrected chi connectivity index (χ0v) is 8.40. The van der Waals surface area contributed by atoms with E-state index in [2.05, 4.69) is 5.16 Å². The van der Waals surface area contributed by atoms with Crippen molar-refractivity contribution in [1.29, 1.82) is 0 Å². The number of fused-ring (bicyclic) bond motifs is 1. The normalized spacial score (nSPS) is 16.7. The molecule has 0 saturated heterocycles. The van der Waals surface area contributed by atoms with E-state index in [1.165, 1.54) is 17.1 Å². The van der Waals surface area contributed by atoms with Crippen LogP contribution in [0.15, 0.2) is 4.52 Å². The lowest BCUT2D eigenvalue weighted by molar-refractivity contribution is 0.378. The highest BCUT2D eigenvalue weighted by molar-refractivity contribution is 7.99. The quantitative estimate of drug-likeness (QED) is 0.770. The monoisotopic (exact) mass is 198 g/mol. The van der Waals surface area contributed by atoms with Crippen LogP contribution in [0.5, 0.6) is 0 Å². The lowest BCUT2D eigenvalue weighted by Crippen LogP contribution is -2.04. The SMILES string of the molecule is NCCc1onc2c1CCSCC2. The molecular weight excluding hydrogens is 184 g/mol. The number of aromatic nitrogens is 1. The molecule has 0 spiro atoms. The van der Waals surface area contributed by atoms with Crippen LogP contribution in [0, 0.1) is 0 Å². The van der Waals surface area contributed by atoms with E-state index in [9.17, 15) is 0 Å². The Labute approximate surface area is 82.0 Å². The van der Waals surface area contributed by atoms with Crippen LogP contribution < -0.4 is 5.73 Å². The average Bonchev–Trinajstić information content (AvgIpc) is 2.38. The fourth-order valence-corrected chi connectivity index (χ4v) is 2.52. The maximum absolute atomic E-state index is 5.50. The topological polar surface area (TPSA) is 52.0 Å². The molecule has 0 aliphatic carbocycles. The van der Waals surface area contributed by atoms with Crippen molar-refractivity contribution in [2.24, 2.45) is 5.73 Å². The summed E-state index contributed by atoms with van der Waals surface area (Å²) in [4.78, 5) is 0. The van der Waals surface area contributed by atoms with Gasteiger partial charge < -0.3 is 10.3 Å². The van der Waals surface area contributed by atoms with Gasteiger partial charge in [-0.2, -0.15) is 11.8 Å². The summed E-state index contributed by atoms with van der Waals surface area (Å²) in [5.41, 5.74) is 7.99. The Hall–Kier alpha value is -0.480. The van der Waals surface area contributed by atoms with E-state index in [-0.39, 0.29) is 0 Å². The fourth-order valence-electron chi connectivity index (χ4n) is 1.63. The zero-order valence-electron chi connectivity index (χ0n) is 7.58. The summed E-state index contributed by atoms with van der Waals surface area (Å²) >= 11 is 1.99. The molecule has 0 bridgehead atoms. The average molecular weight is 198 g/mol. The van der Waals surface area contributed by atoms with E-state index in [0.717, 1.165) is 30.7 Å². The molecule has 0 atom stereocenters. The Bertz CT molecular complexity index is 285. The van der Waals surface area contributed by atoms with E-state index >= 15 is 0 Å². The van der Waals surface area contributed by atoms with E-state index < -0.39 is 0 Å². The molecular formula is C9H14N2OS. The van der Waals surface area contributed by atoms with E-state index in [1.54, 1.807) is 0 Å². The molecule has 2 rings (SSSR count). The van der Waals surface area contributed by atoms with Crippen LogP contribution in [-0.2, 0) is 19.3 Å². The molecule has 2 heterocycles. The van der Waals surface area contributed by atoms with Crippen LogP contribution >= 0.6 is 11.8 Å². The molecule has 3 nitrogen and oxygen atoms in total. The zero-order chi connectivity index (χ0) is 9.10. The van der Waals surface area contributed by atoms with E-state index in [0.29, 0.717) is 6.54 Å². The minimum absolute atomic E-state index is 0.648. The molecule has 1 aromatic heterocycles. The molecule has 0 fully saturated rings. The molecule has 0 saturated carbocycles. The van der Waals surface area contributed by atoms with Gasteiger partial charge in [0.05, 0.1) is 5.69 Å². The van der Waals surface area contributed by atoms with E-state index in [4.69, 9.17) is 10.3 Å². The van der Waals surface area contributed by atoms with Gasteiger partial charge in [-0.3, -0.25) is 0 Å². The first-order valence-corrected chi connectivity index (χ1v) is 5.81. The van der Waals surface area contributed by atoms with Gasteiger partial charge >= 0.3 is 0 Å². The third-order valence-electron chi connectivity index (χ3n) is 2.30. The lowest BCUT2D eigenvalue weighted by atomic mass is 10.1. The molecule has 1 aliphatic heterocycles. The van der Waals surface area contributed by atoms with Crippen LogP contribution in [0.1, 0.15) is 17.0 Å². The van der Waals surface area contributed by atoms with Gasteiger partial charge in [0, 0.05) is 18.4 Å². The van der Waals surface area contributed by atoms with Crippen molar-refractivity contribution in [1.82, 2.24) is 5.16 Å². The number of aryl methyl sites for hydroxylation is 1. The summed E-state index contributed by atoms with van der Waals surface area (Å²) in [6.45, 7) is 0.648. The minimum atomic E-state index is 0.648. The number of nitrogens with zero attached hydrogens (tertiary/aromatic N) is 1. The first-order valence-electron chi connectivity index (χ1n) is 4.66. The number of rotatable bonds is 2. The van der Waals surface area contributed by atoms with Gasteiger partial charge in [-0.25, -0.2) is 0 Å². The van der Waals surface area contributed by atoms with Gasteiger partial charge in [0.2, 0.25) is 0 Å². The molecule has 2 N–H and O–H groups in total. The standard InChI is InChI=1S/C9H14N2OS/c10-4-1-9-7-2-5-13-6-3-8(7)11-12-9/h1-6,10H2. The number of nitrogens with two attached hydrogens (primary N) is 1. The molecule has 0 radical (unpaired) electrons. The van der Waals surface area contributed by atoms with E-state index in [1.807, 2.05) is 11.8 Å². The van der Waals surface area contributed by atoms with Gasteiger partial charge in [-0.15, -0.1) is 0 Å². The van der Waals surface area contributed by atoms with Crippen molar-refractivity contribution in [3.8, 4) is 0 Å². The van der Waals surface area contributed by atoms with Gasteiger partial charge in [0.1, 0.15) is 5.76 Å². The maximum atomic E-state index is 5.50. The largest absolute Gasteiger partial charge is 0.361 e. The van der Waals surface area contributed by atoms with Crippen molar-refractivity contribution < 1.29 is 4.52 Å². The summed E-state index contributed by atoms with van der Waals surface area (Å²) in [5, 5.41) is 4.09. The predicted octanol–water partition coefficient (Wildman–Crippen LogP) is 1.01. The van der Waals surface area contributed by atoms with Crippen LogP contribution in [0.3, 0.4) is 0 Å². The molecule has 0 amide bonds. The van der Waals surface area contributed by atoms with Crippen molar-refractivity contribution in [2.45, 2.75) is 19.3 Å². The smallest absolute Gasteiger partial charge is 0.141 e. The molecule has 1 aromatic rings. The van der Waals surface area contributed by atoms with Gasteiger partial charge in [-0.1, -0.05) is 5.16 Å². The van der Waals surface area contributed by atoms with Gasteiger partial charge in [0.25, 0.3) is 0 Å². The summed E-state index contributed by atoms with van der Waals surface area (Å²) in [5.74, 6) is 3.37. The first-order chi connectivity index (χ1) is 6.42. The molecule has 0 aromatic carbocycles. The molecule has 72 valence electrons. The second-order valence-electron chi connectivity index (χ2n) is 3.18. The Kier molecular flexibility index (Phi) is 2.90. The van der Waals surface area contributed by atoms with Crippen LogP contribution in [0.4, 0.5) is 0 Å². The van der Waals surface area contributed by atoms with Crippen molar-refractivity contribution >= 4 is 11.8 Å². The maximum Gasteiger partial charge on any atom is 0.141 e. The second kappa shape index (κ2) is 4.15. The van der Waals surface area contributed by atoms with Crippen LogP contribution in [-0.4, -0.2) is 23.2 Å². The Balaban J connectivity index is 2.23. The summed E-state index contributed by atoms with van der Waals surface area (Å²) in [6, 6.07) is 0. The summed E-state index contributed by atoms with van der Waals surface area (Å²) in [6.07, 6.45) is 2.97. The Morgan fingerprint density at radius 1 is 1.38 bits per heavy atom. The van der Waals surface area contributed by atoms with Crippen molar-refractivity contribution in [3.63, 3.8) is 0 Å². The highest BCUT2D eigenvalue weighted by Crippen LogP contribution is 2.22. The first kappa shape index (κ1) is 9.09. The molecule has 0 unspecified atom stereocenters. The Morgan fingerprint density at radius 3 is 3.08 bits per heavy atom. The third kappa shape index (κ3) is 1.89. The van der Waals surface area contributed by atoms with Crippen LogP contribution in [0.2, 0.25) is 0 Å². The number of thioether (sulfide) groups is 1. The fraction of sp³-hybridized carbons (Fsp3) is 0.667. The number of hydrogen-bond donors (Lipinski definition) is 1. The highest BCUT2D eigenvalue weighted by atomic mass is 32.2. The third-order valence-corrected chi connectivity index (χ3v) is 3.29. The molecule has 1 aliphatic rings. The minimum Gasteiger partial charge on any atom is -0.361 e. The summed E-state index contributed by atoms with van der Waals surface area (Å²) in [7, 11) is 0. The molecule has 4 heteroatoms. The highest BCUT2D eigenvalue weighted by Gasteiger charge is 2.17.